The predicted octanol–water partition coefficient (Wildman–Crippen LogP) is 2.51. The Kier molecular flexibility index (Phi) is 4.25. The molecule has 84 valence electrons. The number of rotatable bonds is 3. The highest BCUT2D eigenvalue weighted by atomic mass is 79.9. The maximum atomic E-state index is 10.8. The van der Waals surface area contributed by atoms with E-state index in [2.05, 4.69) is 21.2 Å². The minimum absolute atomic E-state index is 0.158. The molecule has 0 bridgehead atoms. The van der Waals surface area contributed by atoms with E-state index in [1.54, 1.807) is 18.2 Å². The Labute approximate surface area is 101 Å². The van der Waals surface area contributed by atoms with Gasteiger partial charge in [-0.05, 0) is 39.7 Å². The van der Waals surface area contributed by atoms with E-state index in [0.717, 1.165) is 11.6 Å². The van der Waals surface area contributed by atoms with Crippen LogP contribution in [0.1, 0.15) is 12.5 Å². The van der Waals surface area contributed by atoms with Crippen LogP contribution < -0.4 is 5.32 Å². The van der Waals surface area contributed by atoms with Crippen molar-refractivity contribution in [2.45, 2.75) is 6.92 Å². The lowest BCUT2D eigenvalue weighted by atomic mass is 10.2. The molecule has 1 rings (SSSR count). The molecule has 2 N–H and O–H groups in total. The maximum Gasteiger partial charge on any atom is 0.328 e. The standard InChI is InChI=1S/C11H10BrNO3/c1-7(14)13-10-4-2-8(6-9(10)12)3-5-11(15)16/h2-6H,1H3,(H,13,14)(H,15,16)/b5-3+. The fourth-order valence-corrected chi connectivity index (χ4v) is 1.59. The van der Waals surface area contributed by atoms with Gasteiger partial charge >= 0.3 is 5.97 Å². The van der Waals surface area contributed by atoms with Gasteiger partial charge in [-0.1, -0.05) is 6.07 Å². The van der Waals surface area contributed by atoms with Gasteiger partial charge in [-0.3, -0.25) is 4.79 Å². The molecular formula is C11H10BrNO3. The highest BCUT2D eigenvalue weighted by molar-refractivity contribution is 9.10. The highest BCUT2D eigenvalue weighted by Gasteiger charge is 2.01. The Hall–Kier alpha value is -1.62. The summed E-state index contributed by atoms with van der Waals surface area (Å²) in [7, 11) is 0. The fourth-order valence-electron chi connectivity index (χ4n) is 1.09. The maximum absolute atomic E-state index is 10.8. The van der Waals surface area contributed by atoms with Crippen LogP contribution in [0.3, 0.4) is 0 Å². The number of aliphatic carboxylic acids is 1. The summed E-state index contributed by atoms with van der Waals surface area (Å²) < 4.78 is 0.704. The van der Waals surface area contributed by atoms with Gasteiger partial charge in [0.05, 0.1) is 5.69 Å². The third-order valence-corrected chi connectivity index (χ3v) is 2.38. The van der Waals surface area contributed by atoms with Crippen LogP contribution in [0.15, 0.2) is 28.7 Å². The fraction of sp³-hybridized carbons (Fsp3) is 0.0909. The van der Waals surface area contributed by atoms with Crippen molar-refractivity contribution in [2.24, 2.45) is 0 Å². The normalized spacial score (nSPS) is 10.4. The first-order chi connectivity index (χ1) is 7.49. The third-order valence-electron chi connectivity index (χ3n) is 1.72. The zero-order chi connectivity index (χ0) is 12.1. The van der Waals surface area contributed by atoms with E-state index < -0.39 is 5.97 Å². The van der Waals surface area contributed by atoms with Crippen molar-refractivity contribution in [1.29, 1.82) is 0 Å². The number of carboxylic acids is 1. The average Bonchev–Trinajstić information content (AvgIpc) is 2.18. The van der Waals surface area contributed by atoms with Crippen molar-refractivity contribution in [3.8, 4) is 0 Å². The van der Waals surface area contributed by atoms with Crippen LogP contribution in [0.4, 0.5) is 5.69 Å². The number of nitrogens with one attached hydrogen (secondary N) is 1. The first kappa shape index (κ1) is 12.4. The van der Waals surface area contributed by atoms with Gasteiger partial charge in [0.2, 0.25) is 5.91 Å². The van der Waals surface area contributed by atoms with Crippen LogP contribution in [-0.4, -0.2) is 17.0 Å². The number of amides is 1. The Morgan fingerprint density at radius 3 is 2.62 bits per heavy atom. The van der Waals surface area contributed by atoms with E-state index >= 15 is 0 Å². The molecule has 0 aliphatic rings. The second kappa shape index (κ2) is 5.46. The van der Waals surface area contributed by atoms with Crippen LogP contribution in [0.25, 0.3) is 6.08 Å². The van der Waals surface area contributed by atoms with Gasteiger partial charge < -0.3 is 10.4 Å². The lowest BCUT2D eigenvalue weighted by Gasteiger charge is -2.05. The molecule has 0 heterocycles. The number of hydrogen-bond donors (Lipinski definition) is 2. The minimum atomic E-state index is -0.998. The lowest BCUT2D eigenvalue weighted by molar-refractivity contribution is -0.131. The largest absolute Gasteiger partial charge is 0.478 e. The smallest absolute Gasteiger partial charge is 0.328 e. The van der Waals surface area contributed by atoms with Crippen LogP contribution in [-0.2, 0) is 9.59 Å². The van der Waals surface area contributed by atoms with Crippen LogP contribution in [0, 0.1) is 0 Å². The van der Waals surface area contributed by atoms with Crippen LogP contribution >= 0.6 is 15.9 Å². The molecule has 0 saturated heterocycles. The molecule has 0 atom stereocenters. The van der Waals surface area contributed by atoms with Gasteiger partial charge in [-0.15, -0.1) is 0 Å². The van der Waals surface area contributed by atoms with E-state index in [1.165, 1.54) is 13.0 Å². The molecule has 1 aromatic carbocycles. The molecule has 0 spiro atoms. The average molecular weight is 284 g/mol. The number of carbonyl (C=O) groups is 2. The number of anilines is 1. The van der Waals surface area contributed by atoms with Gasteiger partial charge in [0.15, 0.2) is 0 Å². The predicted molar refractivity (Wildman–Crippen MR) is 65.1 cm³/mol. The molecule has 1 aromatic rings. The molecule has 16 heavy (non-hydrogen) atoms. The van der Waals surface area contributed by atoms with Crippen LogP contribution in [0.5, 0.6) is 0 Å². The van der Waals surface area contributed by atoms with Gasteiger partial charge in [-0.25, -0.2) is 4.79 Å². The van der Waals surface area contributed by atoms with Crippen molar-refractivity contribution in [2.75, 3.05) is 5.32 Å². The van der Waals surface area contributed by atoms with E-state index in [1.807, 2.05) is 0 Å². The van der Waals surface area contributed by atoms with Gasteiger partial charge in [0.1, 0.15) is 0 Å². The second-order valence-corrected chi connectivity index (χ2v) is 3.95. The summed E-state index contributed by atoms with van der Waals surface area (Å²) in [5.41, 5.74) is 1.39. The monoisotopic (exact) mass is 283 g/mol. The second-order valence-electron chi connectivity index (χ2n) is 3.09. The zero-order valence-electron chi connectivity index (χ0n) is 8.53. The Morgan fingerprint density at radius 2 is 2.12 bits per heavy atom. The quantitative estimate of drug-likeness (QED) is 0.838. The van der Waals surface area contributed by atoms with Gasteiger partial charge in [0, 0.05) is 17.5 Å². The van der Waals surface area contributed by atoms with Crippen molar-refractivity contribution in [3.63, 3.8) is 0 Å². The molecule has 0 aliphatic carbocycles. The molecule has 0 radical (unpaired) electrons. The lowest BCUT2D eigenvalue weighted by Crippen LogP contribution is -2.06. The zero-order valence-corrected chi connectivity index (χ0v) is 10.1. The number of halogens is 1. The number of hydrogen-bond acceptors (Lipinski definition) is 2. The summed E-state index contributed by atoms with van der Waals surface area (Å²) in [6.45, 7) is 1.42. The van der Waals surface area contributed by atoms with Crippen LogP contribution in [0.2, 0.25) is 0 Å². The molecule has 0 aliphatic heterocycles. The van der Waals surface area contributed by atoms with Gasteiger partial charge in [0.25, 0.3) is 0 Å². The summed E-state index contributed by atoms with van der Waals surface area (Å²) in [5.74, 6) is -1.16. The molecule has 1 amide bonds. The summed E-state index contributed by atoms with van der Waals surface area (Å²) in [4.78, 5) is 21.2. The van der Waals surface area contributed by atoms with Crippen molar-refractivity contribution < 1.29 is 14.7 Å². The first-order valence-corrected chi connectivity index (χ1v) is 5.26. The topological polar surface area (TPSA) is 66.4 Å². The molecule has 0 aromatic heterocycles. The number of carboxylic acid groups (broad SMARTS) is 1. The number of carbonyl (C=O) groups excluding carboxylic acids is 1. The Balaban J connectivity index is 2.90. The molecule has 0 unspecified atom stereocenters. The van der Waals surface area contributed by atoms with Crippen molar-refractivity contribution in [3.05, 3.63) is 34.3 Å². The SMILES string of the molecule is CC(=O)Nc1ccc(/C=C/C(=O)O)cc1Br. The minimum Gasteiger partial charge on any atom is -0.478 e. The summed E-state index contributed by atoms with van der Waals surface area (Å²) in [6, 6.07) is 5.15. The molecular weight excluding hydrogens is 274 g/mol. The van der Waals surface area contributed by atoms with Crippen molar-refractivity contribution in [1.82, 2.24) is 0 Å². The summed E-state index contributed by atoms with van der Waals surface area (Å²) in [5, 5.41) is 11.1. The molecule has 0 saturated carbocycles. The van der Waals surface area contributed by atoms with Crippen molar-refractivity contribution >= 4 is 39.6 Å². The summed E-state index contributed by atoms with van der Waals surface area (Å²) in [6.07, 6.45) is 2.53. The van der Waals surface area contributed by atoms with E-state index in [9.17, 15) is 9.59 Å². The van der Waals surface area contributed by atoms with E-state index in [0.29, 0.717) is 10.2 Å². The Morgan fingerprint density at radius 1 is 1.44 bits per heavy atom. The third kappa shape index (κ3) is 3.86. The van der Waals surface area contributed by atoms with E-state index in [4.69, 9.17) is 5.11 Å². The van der Waals surface area contributed by atoms with Gasteiger partial charge in [-0.2, -0.15) is 0 Å². The Bertz CT molecular complexity index is 455. The molecule has 5 heteroatoms. The highest BCUT2D eigenvalue weighted by Crippen LogP contribution is 2.24. The number of benzene rings is 1. The summed E-state index contributed by atoms with van der Waals surface area (Å²) >= 11 is 3.29. The first-order valence-electron chi connectivity index (χ1n) is 4.47. The van der Waals surface area contributed by atoms with E-state index in [-0.39, 0.29) is 5.91 Å². The molecule has 0 fully saturated rings. The molecule has 4 nitrogen and oxygen atoms in total.